The highest BCUT2D eigenvalue weighted by Crippen LogP contribution is 2.18. The van der Waals surface area contributed by atoms with Crippen LogP contribution in [0, 0.1) is 3.56 Å². The molecular weight excluding hydrogens is 359 g/mol. The van der Waals surface area contributed by atoms with Crippen molar-refractivity contribution in [3.8, 4) is 5.75 Å². The van der Waals surface area contributed by atoms with Gasteiger partial charge in [0.05, 0.1) is 5.71 Å². The van der Waals surface area contributed by atoms with Gasteiger partial charge in [0.1, 0.15) is 3.92 Å². The lowest BCUT2D eigenvalue weighted by Crippen LogP contribution is -2.13. The van der Waals surface area contributed by atoms with E-state index in [9.17, 15) is 4.79 Å². The van der Waals surface area contributed by atoms with Crippen LogP contribution in [-0.4, -0.2) is 20.7 Å². The standard InChI is InChI=1S/C13H17IN2O3/c1-9(2)16-19-11-6-3-10(4-7-11)5-8-12(14-15)13(17)18/h3-4,6-7,12,15H,5,8H2,1-2H3,(H,17,18). The monoisotopic (exact) mass is 376 g/mol. The fourth-order valence-electron chi connectivity index (χ4n) is 1.38. The summed E-state index contributed by atoms with van der Waals surface area (Å²) in [4.78, 5) is 16.0. The van der Waals surface area contributed by atoms with Crippen molar-refractivity contribution in [2.45, 2.75) is 30.6 Å². The van der Waals surface area contributed by atoms with Crippen LogP contribution in [0.15, 0.2) is 29.4 Å². The second kappa shape index (κ2) is 7.98. The number of benzene rings is 1. The molecule has 0 heterocycles. The van der Waals surface area contributed by atoms with Gasteiger partial charge >= 0.3 is 5.97 Å². The lowest BCUT2D eigenvalue weighted by atomic mass is 10.1. The highest BCUT2D eigenvalue weighted by Gasteiger charge is 2.14. The van der Waals surface area contributed by atoms with Crippen LogP contribution < -0.4 is 4.84 Å². The van der Waals surface area contributed by atoms with E-state index in [0.29, 0.717) is 18.6 Å². The number of rotatable bonds is 7. The van der Waals surface area contributed by atoms with Gasteiger partial charge in [-0.2, -0.15) is 0 Å². The van der Waals surface area contributed by atoms with E-state index in [1.54, 1.807) is 0 Å². The summed E-state index contributed by atoms with van der Waals surface area (Å²) in [6.07, 6.45) is 1.20. The molecular formula is C13H17IN2O3. The van der Waals surface area contributed by atoms with Crippen molar-refractivity contribution in [2.24, 2.45) is 5.16 Å². The molecule has 1 rings (SSSR count). The Balaban J connectivity index is 2.55. The van der Waals surface area contributed by atoms with Gasteiger partial charge in [-0.1, -0.05) is 17.3 Å². The highest BCUT2D eigenvalue weighted by molar-refractivity contribution is 14.1. The summed E-state index contributed by atoms with van der Waals surface area (Å²) in [6, 6.07) is 7.43. The summed E-state index contributed by atoms with van der Waals surface area (Å²) < 4.78 is 6.80. The molecule has 0 radical (unpaired) electrons. The predicted molar refractivity (Wildman–Crippen MR) is 82.3 cm³/mol. The third-order valence-electron chi connectivity index (χ3n) is 2.34. The van der Waals surface area contributed by atoms with Crippen molar-refractivity contribution >= 4 is 32.7 Å². The molecule has 0 aliphatic carbocycles. The van der Waals surface area contributed by atoms with E-state index in [4.69, 9.17) is 13.5 Å². The highest BCUT2D eigenvalue weighted by atomic mass is 127. The number of aliphatic carboxylic acids is 1. The Labute approximate surface area is 122 Å². The number of carboxylic acid groups (broad SMARTS) is 1. The first-order chi connectivity index (χ1) is 9.02. The predicted octanol–water partition coefficient (Wildman–Crippen LogP) is 3.58. The number of nitrogens with zero attached hydrogens (tertiary/aromatic N) is 1. The van der Waals surface area contributed by atoms with Gasteiger partial charge in [0.25, 0.3) is 0 Å². The van der Waals surface area contributed by atoms with E-state index in [2.05, 4.69) is 5.16 Å². The molecule has 5 nitrogen and oxygen atoms in total. The summed E-state index contributed by atoms with van der Waals surface area (Å²) >= 11 is -1.01. The third kappa shape index (κ3) is 5.91. The SMILES string of the molecule is CC(C)=NOc1ccc(CCC(I=N)C(=O)O)cc1. The van der Waals surface area contributed by atoms with Crippen molar-refractivity contribution in [1.29, 1.82) is 3.56 Å². The van der Waals surface area contributed by atoms with Gasteiger partial charge in [-0.05, 0) is 65.4 Å². The second-order valence-electron chi connectivity index (χ2n) is 4.23. The van der Waals surface area contributed by atoms with Gasteiger partial charge in [0.2, 0.25) is 0 Å². The van der Waals surface area contributed by atoms with E-state index >= 15 is 0 Å². The molecule has 0 amide bonds. The summed E-state index contributed by atoms with van der Waals surface area (Å²) in [7, 11) is 0. The molecule has 104 valence electrons. The molecule has 0 spiro atoms. The first kappa shape index (κ1) is 15.7. The fraction of sp³-hybridized carbons (Fsp3) is 0.385. The Bertz CT molecular complexity index is 467. The van der Waals surface area contributed by atoms with Gasteiger partial charge in [-0.3, -0.25) is 8.36 Å². The Morgan fingerprint density at radius 3 is 2.53 bits per heavy atom. The average molecular weight is 376 g/mol. The van der Waals surface area contributed by atoms with Gasteiger partial charge in [-0.15, -0.1) is 0 Å². The van der Waals surface area contributed by atoms with Gasteiger partial charge in [-0.25, -0.2) is 0 Å². The molecule has 6 heteroatoms. The molecule has 2 N–H and O–H groups in total. The van der Waals surface area contributed by atoms with Gasteiger partial charge in [0, 0.05) is 0 Å². The Hall–Kier alpha value is -1.31. The number of aryl methyl sites for hydroxylation is 1. The Morgan fingerprint density at radius 1 is 1.42 bits per heavy atom. The molecule has 1 aromatic rings. The molecule has 1 unspecified atom stereocenters. The Morgan fingerprint density at radius 2 is 2.05 bits per heavy atom. The van der Waals surface area contributed by atoms with Crippen molar-refractivity contribution in [1.82, 2.24) is 0 Å². The lowest BCUT2D eigenvalue weighted by Gasteiger charge is -2.06. The number of alkyl halides is 1. The molecule has 0 saturated heterocycles. The second-order valence-corrected chi connectivity index (χ2v) is 6.35. The summed E-state index contributed by atoms with van der Waals surface area (Å²) in [5, 5.41) is 12.7. The Kier molecular flexibility index (Phi) is 6.61. The smallest absolute Gasteiger partial charge is 0.317 e. The molecule has 1 atom stereocenters. The lowest BCUT2D eigenvalue weighted by molar-refractivity contribution is -0.136. The number of carbonyl (C=O) groups is 1. The van der Waals surface area contributed by atoms with Crippen LogP contribution in [0.4, 0.5) is 0 Å². The van der Waals surface area contributed by atoms with Crippen molar-refractivity contribution in [2.75, 3.05) is 0 Å². The quantitative estimate of drug-likeness (QED) is 0.330. The molecule has 0 saturated carbocycles. The third-order valence-corrected chi connectivity index (χ3v) is 4.25. The van der Waals surface area contributed by atoms with Crippen LogP contribution in [0.2, 0.25) is 0 Å². The van der Waals surface area contributed by atoms with Crippen LogP contribution in [0.1, 0.15) is 25.8 Å². The molecule has 0 aromatic heterocycles. The minimum atomic E-state index is -1.01. The van der Waals surface area contributed by atoms with Crippen LogP contribution in [0.25, 0.3) is 0 Å². The van der Waals surface area contributed by atoms with E-state index in [1.165, 1.54) is 0 Å². The summed E-state index contributed by atoms with van der Waals surface area (Å²) in [5.74, 6) is -0.192. The summed E-state index contributed by atoms with van der Waals surface area (Å²) in [6.45, 7) is 3.70. The van der Waals surface area contributed by atoms with E-state index in [0.717, 1.165) is 11.3 Å². The molecule has 19 heavy (non-hydrogen) atoms. The van der Waals surface area contributed by atoms with Crippen molar-refractivity contribution in [3.63, 3.8) is 0 Å². The fourth-order valence-corrected chi connectivity index (χ4v) is 2.27. The van der Waals surface area contributed by atoms with Crippen LogP contribution in [0.3, 0.4) is 0 Å². The summed E-state index contributed by atoms with van der Waals surface area (Å²) in [5.41, 5.74) is 1.89. The molecule has 1 aromatic carbocycles. The van der Waals surface area contributed by atoms with E-state index < -0.39 is 30.9 Å². The van der Waals surface area contributed by atoms with Crippen LogP contribution in [0.5, 0.6) is 5.75 Å². The molecule has 0 fully saturated rings. The maximum Gasteiger partial charge on any atom is 0.317 e. The van der Waals surface area contributed by atoms with Crippen molar-refractivity contribution in [3.05, 3.63) is 29.8 Å². The number of halogens is 1. The minimum absolute atomic E-state index is 0.484. The van der Waals surface area contributed by atoms with E-state index in [-0.39, 0.29) is 0 Å². The van der Waals surface area contributed by atoms with Crippen LogP contribution >= 0.6 is 21.0 Å². The zero-order valence-corrected chi connectivity index (χ0v) is 13.0. The number of carboxylic acids is 1. The first-order valence-corrected chi connectivity index (χ1v) is 8.14. The van der Waals surface area contributed by atoms with E-state index in [1.807, 2.05) is 38.1 Å². The normalized spacial score (nSPS) is 11.7. The first-order valence-electron chi connectivity index (χ1n) is 5.82. The average Bonchev–Trinajstić information content (AvgIpc) is 2.38. The molecule has 0 aliphatic heterocycles. The maximum absolute atomic E-state index is 10.8. The number of hydrogen-bond acceptors (Lipinski definition) is 4. The zero-order valence-electron chi connectivity index (χ0n) is 10.9. The number of nitrogens with one attached hydrogen (secondary N) is 1. The number of oxime groups is 1. The molecule has 0 bridgehead atoms. The number of hydrogen-bond donors (Lipinski definition) is 2. The minimum Gasteiger partial charge on any atom is -0.480 e. The van der Waals surface area contributed by atoms with Gasteiger partial charge in [0.15, 0.2) is 5.75 Å². The molecule has 0 aliphatic rings. The maximum atomic E-state index is 10.8. The topological polar surface area (TPSA) is 82.7 Å². The van der Waals surface area contributed by atoms with Crippen LogP contribution in [-0.2, 0) is 11.2 Å². The zero-order chi connectivity index (χ0) is 14.3. The van der Waals surface area contributed by atoms with Gasteiger partial charge < -0.3 is 9.94 Å². The largest absolute Gasteiger partial charge is 0.480 e. The van der Waals surface area contributed by atoms with Crippen molar-refractivity contribution < 1.29 is 14.7 Å².